The Morgan fingerprint density at radius 2 is 2.04 bits per heavy atom. The molecule has 2 N–H and O–H groups in total. The van der Waals surface area contributed by atoms with Gasteiger partial charge in [0.05, 0.1) is 6.54 Å². The summed E-state index contributed by atoms with van der Waals surface area (Å²) in [6.07, 6.45) is 0.525. The van der Waals surface area contributed by atoms with Crippen molar-refractivity contribution in [2.24, 2.45) is 7.05 Å². The second kappa shape index (κ2) is 7.53. The van der Waals surface area contributed by atoms with Gasteiger partial charge >= 0.3 is 0 Å². The summed E-state index contributed by atoms with van der Waals surface area (Å²) < 4.78 is 14.6. The molecule has 2 rings (SSSR count). The number of hydrogen-bond acceptors (Lipinski definition) is 3. The van der Waals surface area contributed by atoms with Crippen LogP contribution in [0.25, 0.3) is 0 Å². The van der Waals surface area contributed by atoms with Gasteiger partial charge in [-0.15, -0.1) is 0 Å². The fourth-order valence-electron chi connectivity index (χ4n) is 2.02. The molecule has 122 valence electrons. The van der Waals surface area contributed by atoms with Crippen molar-refractivity contribution in [2.75, 3.05) is 13.1 Å². The molecule has 0 unspecified atom stereocenters. The van der Waals surface area contributed by atoms with Crippen LogP contribution in [-0.4, -0.2) is 34.7 Å². The van der Waals surface area contributed by atoms with Crippen LogP contribution in [-0.2, 0) is 18.3 Å². The van der Waals surface area contributed by atoms with E-state index in [0.717, 1.165) is 11.3 Å². The van der Waals surface area contributed by atoms with E-state index in [9.17, 15) is 14.0 Å². The van der Waals surface area contributed by atoms with Crippen molar-refractivity contribution in [3.63, 3.8) is 0 Å². The molecule has 23 heavy (non-hydrogen) atoms. The van der Waals surface area contributed by atoms with E-state index >= 15 is 0 Å². The molecular weight excluding hydrogens is 299 g/mol. The number of amides is 2. The molecule has 0 atom stereocenters. The monoisotopic (exact) mass is 318 g/mol. The number of nitrogens with one attached hydrogen (secondary N) is 2. The minimum Gasteiger partial charge on any atom is -0.354 e. The van der Waals surface area contributed by atoms with E-state index in [1.807, 2.05) is 6.92 Å². The minimum absolute atomic E-state index is 0.127. The summed E-state index contributed by atoms with van der Waals surface area (Å²) in [6.45, 7) is 2.08. The molecule has 0 spiro atoms. The maximum Gasteiger partial charge on any atom is 0.272 e. The van der Waals surface area contributed by atoms with Gasteiger partial charge in [0.25, 0.3) is 5.91 Å². The van der Waals surface area contributed by atoms with Crippen LogP contribution in [0.2, 0.25) is 0 Å². The number of aromatic nitrogens is 2. The summed E-state index contributed by atoms with van der Waals surface area (Å²) >= 11 is 0. The average Bonchev–Trinajstić information content (AvgIpc) is 2.84. The Hall–Kier alpha value is -2.70. The Balaban J connectivity index is 1.71. The second-order valence-electron chi connectivity index (χ2n) is 5.21. The third-order valence-corrected chi connectivity index (χ3v) is 3.38. The first-order chi connectivity index (χ1) is 11.0. The zero-order valence-electron chi connectivity index (χ0n) is 13.1. The highest BCUT2D eigenvalue weighted by Crippen LogP contribution is 2.03. The standard InChI is InChI=1S/C16H19FN4O2/c1-11-8-14(20-21(11)2)16(23)19-10-15(22)18-7-6-12-4-3-5-13(17)9-12/h3-5,8-9H,6-7,10H2,1-2H3,(H,18,22)(H,19,23). The molecule has 1 aromatic carbocycles. The van der Waals surface area contributed by atoms with E-state index in [1.54, 1.807) is 29.9 Å². The van der Waals surface area contributed by atoms with Gasteiger partial charge in [0, 0.05) is 19.3 Å². The first-order valence-corrected chi connectivity index (χ1v) is 7.25. The average molecular weight is 318 g/mol. The van der Waals surface area contributed by atoms with Crippen molar-refractivity contribution >= 4 is 11.8 Å². The van der Waals surface area contributed by atoms with E-state index in [2.05, 4.69) is 15.7 Å². The van der Waals surface area contributed by atoms with Crippen LogP contribution in [0.1, 0.15) is 21.7 Å². The lowest BCUT2D eigenvalue weighted by Gasteiger charge is -2.06. The molecule has 2 aromatic rings. The molecule has 1 aromatic heterocycles. The van der Waals surface area contributed by atoms with Gasteiger partial charge in [0.15, 0.2) is 0 Å². The maximum absolute atomic E-state index is 13.0. The Morgan fingerprint density at radius 1 is 1.26 bits per heavy atom. The normalized spacial score (nSPS) is 10.4. The number of carbonyl (C=O) groups is 2. The molecule has 1 heterocycles. The topological polar surface area (TPSA) is 76.0 Å². The van der Waals surface area contributed by atoms with Crippen LogP contribution < -0.4 is 10.6 Å². The number of benzene rings is 1. The fraction of sp³-hybridized carbons (Fsp3) is 0.312. The van der Waals surface area contributed by atoms with Crippen molar-refractivity contribution in [1.29, 1.82) is 0 Å². The Kier molecular flexibility index (Phi) is 5.46. The summed E-state index contributed by atoms with van der Waals surface area (Å²) in [5.41, 5.74) is 1.94. The molecule has 0 aliphatic heterocycles. The maximum atomic E-state index is 13.0. The van der Waals surface area contributed by atoms with Crippen molar-refractivity contribution < 1.29 is 14.0 Å². The van der Waals surface area contributed by atoms with E-state index in [0.29, 0.717) is 13.0 Å². The van der Waals surface area contributed by atoms with E-state index in [1.165, 1.54) is 12.1 Å². The van der Waals surface area contributed by atoms with Crippen molar-refractivity contribution in [3.8, 4) is 0 Å². The lowest BCUT2D eigenvalue weighted by atomic mass is 10.1. The van der Waals surface area contributed by atoms with Crippen molar-refractivity contribution in [3.05, 3.63) is 53.1 Å². The smallest absolute Gasteiger partial charge is 0.272 e. The van der Waals surface area contributed by atoms with Crippen LogP contribution in [0.3, 0.4) is 0 Å². The lowest BCUT2D eigenvalue weighted by molar-refractivity contribution is -0.120. The first-order valence-electron chi connectivity index (χ1n) is 7.25. The number of aryl methyl sites for hydroxylation is 2. The highest BCUT2D eigenvalue weighted by molar-refractivity contribution is 5.94. The van der Waals surface area contributed by atoms with Crippen LogP contribution in [0, 0.1) is 12.7 Å². The van der Waals surface area contributed by atoms with Crippen LogP contribution in [0.4, 0.5) is 4.39 Å². The van der Waals surface area contributed by atoms with E-state index in [-0.39, 0.29) is 24.0 Å². The van der Waals surface area contributed by atoms with E-state index < -0.39 is 5.91 Å². The van der Waals surface area contributed by atoms with Gasteiger partial charge in [0.1, 0.15) is 11.5 Å². The molecule has 0 bridgehead atoms. The molecular formula is C16H19FN4O2. The third kappa shape index (κ3) is 4.91. The van der Waals surface area contributed by atoms with E-state index in [4.69, 9.17) is 0 Å². The first kappa shape index (κ1) is 16.7. The Morgan fingerprint density at radius 3 is 2.70 bits per heavy atom. The van der Waals surface area contributed by atoms with Gasteiger partial charge in [-0.25, -0.2) is 4.39 Å². The number of hydrogen-bond donors (Lipinski definition) is 2. The van der Waals surface area contributed by atoms with Crippen LogP contribution >= 0.6 is 0 Å². The van der Waals surface area contributed by atoms with Gasteiger partial charge in [-0.2, -0.15) is 5.10 Å². The molecule has 7 heteroatoms. The molecule has 0 radical (unpaired) electrons. The largest absolute Gasteiger partial charge is 0.354 e. The SMILES string of the molecule is Cc1cc(C(=O)NCC(=O)NCCc2cccc(F)c2)nn1C. The summed E-state index contributed by atoms with van der Waals surface area (Å²) in [4.78, 5) is 23.5. The number of carbonyl (C=O) groups excluding carboxylic acids is 2. The predicted molar refractivity (Wildman–Crippen MR) is 83.4 cm³/mol. The van der Waals surface area contributed by atoms with Crippen LogP contribution in [0.5, 0.6) is 0 Å². The Bertz CT molecular complexity index is 692. The zero-order chi connectivity index (χ0) is 16.8. The quantitative estimate of drug-likeness (QED) is 0.833. The zero-order valence-corrected chi connectivity index (χ0v) is 13.1. The molecule has 0 saturated carbocycles. The predicted octanol–water partition coefficient (Wildman–Crippen LogP) is 0.956. The van der Waals surface area contributed by atoms with Crippen LogP contribution in [0.15, 0.2) is 30.3 Å². The third-order valence-electron chi connectivity index (χ3n) is 3.38. The van der Waals surface area contributed by atoms with Crippen molar-refractivity contribution in [2.45, 2.75) is 13.3 Å². The number of nitrogens with zero attached hydrogens (tertiary/aromatic N) is 2. The van der Waals surface area contributed by atoms with Gasteiger partial charge < -0.3 is 10.6 Å². The molecule has 2 amide bonds. The highest BCUT2D eigenvalue weighted by Gasteiger charge is 2.12. The highest BCUT2D eigenvalue weighted by atomic mass is 19.1. The Labute approximate surface area is 133 Å². The number of rotatable bonds is 6. The molecule has 0 saturated heterocycles. The van der Waals surface area contributed by atoms with Gasteiger partial charge in [-0.1, -0.05) is 12.1 Å². The fourth-order valence-corrected chi connectivity index (χ4v) is 2.02. The summed E-state index contributed by atoms with van der Waals surface area (Å²) in [5.74, 6) is -0.997. The summed E-state index contributed by atoms with van der Waals surface area (Å²) in [6, 6.07) is 7.87. The number of halogens is 1. The minimum atomic E-state index is -0.394. The summed E-state index contributed by atoms with van der Waals surface area (Å²) in [5, 5.41) is 9.22. The van der Waals surface area contributed by atoms with Crippen molar-refractivity contribution in [1.82, 2.24) is 20.4 Å². The molecule has 0 fully saturated rings. The summed E-state index contributed by atoms with van der Waals surface area (Å²) in [7, 11) is 1.74. The lowest BCUT2D eigenvalue weighted by Crippen LogP contribution is -2.37. The van der Waals surface area contributed by atoms with Gasteiger partial charge in [-0.3, -0.25) is 14.3 Å². The molecule has 6 nitrogen and oxygen atoms in total. The van der Waals surface area contributed by atoms with Gasteiger partial charge in [-0.05, 0) is 37.1 Å². The molecule has 0 aliphatic carbocycles. The second-order valence-corrected chi connectivity index (χ2v) is 5.21. The molecule has 0 aliphatic rings. The van der Waals surface area contributed by atoms with Gasteiger partial charge in [0.2, 0.25) is 5.91 Å².